The van der Waals surface area contributed by atoms with Crippen LogP contribution in [0, 0.1) is 16.7 Å². The molecule has 2 heterocycles. The van der Waals surface area contributed by atoms with Gasteiger partial charge in [-0.05, 0) is 25.8 Å². The number of carboxylic acids is 1. The Bertz CT molecular complexity index is 501. The maximum absolute atomic E-state index is 11.1. The van der Waals surface area contributed by atoms with E-state index in [2.05, 4.69) is 9.97 Å². The second-order valence-electron chi connectivity index (χ2n) is 4.71. The summed E-state index contributed by atoms with van der Waals surface area (Å²) in [5.74, 6) is -0.254. The van der Waals surface area contributed by atoms with Crippen molar-refractivity contribution in [2.45, 2.75) is 19.8 Å². The van der Waals surface area contributed by atoms with E-state index in [1.807, 2.05) is 11.0 Å². The van der Waals surface area contributed by atoms with Gasteiger partial charge in [0.05, 0.1) is 5.41 Å². The summed E-state index contributed by atoms with van der Waals surface area (Å²) in [6, 6.07) is 3.52. The molecule has 1 aromatic rings. The Morgan fingerprint density at radius 3 is 2.78 bits per heavy atom. The van der Waals surface area contributed by atoms with Crippen molar-refractivity contribution in [3.8, 4) is 6.07 Å². The highest BCUT2D eigenvalue weighted by Crippen LogP contribution is 2.32. The van der Waals surface area contributed by atoms with Crippen molar-refractivity contribution in [1.82, 2.24) is 9.97 Å². The molecule has 2 rings (SSSR count). The summed E-state index contributed by atoms with van der Waals surface area (Å²) in [6.45, 7) is 2.95. The number of rotatable bonds is 2. The largest absolute Gasteiger partial charge is 0.481 e. The number of anilines is 1. The number of aromatic nitrogens is 2. The van der Waals surface area contributed by atoms with E-state index >= 15 is 0 Å². The summed E-state index contributed by atoms with van der Waals surface area (Å²) in [4.78, 5) is 21.3. The first-order chi connectivity index (χ1) is 8.55. The third kappa shape index (κ3) is 2.25. The lowest BCUT2D eigenvalue weighted by molar-refractivity contribution is -0.149. The molecule has 1 fully saturated rings. The molecular formula is C12H14N4O2. The molecule has 1 aliphatic rings. The third-order valence-corrected chi connectivity index (χ3v) is 3.42. The van der Waals surface area contributed by atoms with Crippen LogP contribution < -0.4 is 4.90 Å². The molecule has 0 amide bonds. The van der Waals surface area contributed by atoms with Gasteiger partial charge in [-0.3, -0.25) is 4.79 Å². The van der Waals surface area contributed by atoms with Crippen LogP contribution >= 0.6 is 0 Å². The summed E-state index contributed by atoms with van der Waals surface area (Å²) >= 11 is 0. The van der Waals surface area contributed by atoms with E-state index in [4.69, 9.17) is 10.4 Å². The Hall–Kier alpha value is -2.16. The van der Waals surface area contributed by atoms with Crippen LogP contribution in [-0.2, 0) is 4.79 Å². The minimum absolute atomic E-state index is 0.326. The summed E-state index contributed by atoms with van der Waals surface area (Å²) < 4.78 is 0. The average Bonchev–Trinajstić information content (AvgIpc) is 2.39. The van der Waals surface area contributed by atoms with E-state index in [-0.39, 0.29) is 0 Å². The molecule has 94 valence electrons. The lowest BCUT2D eigenvalue weighted by atomic mass is 9.80. The number of aliphatic carboxylic acids is 1. The first-order valence-corrected chi connectivity index (χ1v) is 5.77. The van der Waals surface area contributed by atoms with E-state index in [1.54, 1.807) is 19.2 Å². The highest BCUT2D eigenvalue weighted by molar-refractivity contribution is 5.74. The maximum Gasteiger partial charge on any atom is 0.309 e. The predicted octanol–water partition coefficient (Wildman–Crippen LogP) is 1.04. The standard InChI is InChI=1S/C12H14N4O2/c1-12(10(17)18)3-6-16(7-4-12)11-14-5-2-9(8-13)15-11/h2,5H,3-4,6-7H2,1H3,(H,17,18). The van der Waals surface area contributed by atoms with Crippen LogP contribution in [0.2, 0.25) is 0 Å². The van der Waals surface area contributed by atoms with Crippen LogP contribution in [0.3, 0.4) is 0 Å². The van der Waals surface area contributed by atoms with Crippen LogP contribution in [0.4, 0.5) is 5.95 Å². The van der Waals surface area contributed by atoms with Gasteiger partial charge in [0.25, 0.3) is 0 Å². The summed E-state index contributed by atoms with van der Waals surface area (Å²) in [5.41, 5.74) is -0.338. The van der Waals surface area contributed by atoms with Gasteiger partial charge < -0.3 is 10.0 Å². The molecule has 1 N–H and O–H groups in total. The summed E-state index contributed by atoms with van der Waals surface area (Å²) in [5, 5.41) is 17.9. The highest BCUT2D eigenvalue weighted by Gasteiger charge is 2.37. The predicted molar refractivity (Wildman–Crippen MR) is 63.9 cm³/mol. The topological polar surface area (TPSA) is 90.1 Å². The zero-order valence-electron chi connectivity index (χ0n) is 10.1. The van der Waals surface area contributed by atoms with E-state index < -0.39 is 11.4 Å². The second kappa shape index (κ2) is 4.61. The number of hydrogen-bond acceptors (Lipinski definition) is 5. The van der Waals surface area contributed by atoms with Crippen LogP contribution in [0.1, 0.15) is 25.5 Å². The number of nitriles is 1. The Balaban J connectivity index is 2.10. The molecule has 0 aromatic carbocycles. The first kappa shape index (κ1) is 12.3. The van der Waals surface area contributed by atoms with Crippen molar-refractivity contribution in [1.29, 1.82) is 5.26 Å². The van der Waals surface area contributed by atoms with Crippen molar-refractivity contribution in [3.63, 3.8) is 0 Å². The summed E-state index contributed by atoms with van der Waals surface area (Å²) in [6.07, 6.45) is 2.66. The SMILES string of the molecule is CC1(C(=O)O)CCN(c2nccc(C#N)n2)CC1. The number of piperidine rings is 1. The van der Waals surface area contributed by atoms with Crippen LogP contribution in [0.5, 0.6) is 0 Å². The Kier molecular flexibility index (Phi) is 3.15. The smallest absolute Gasteiger partial charge is 0.309 e. The lowest BCUT2D eigenvalue weighted by Crippen LogP contribution is -2.43. The molecular weight excluding hydrogens is 232 g/mol. The Labute approximate surface area is 105 Å². The number of nitrogens with zero attached hydrogens (tertiary/aromatic N) is 4. The fraction of sp³-hybridized carbons (Fsp3) is 0.500. The molecule has 6 nitrogen and oxygen atoms in total. The molecule has 6 heteroatoms. The molecule has 0 bridgehead atoms. The molecule has 0 saturated carbocycles. The quantitative estimate of drug-likeness (QED) is 0.838. The molecule has 1 aliphatic heterocycles. The zero-order valence-corrected chi connectivity index (χ0v) is 10.1. The molecule has 0 aliphatic carbocycles. The molecule has 1 saturated heterocycles. The van der Waals surface area contributed by atoms with Crippen LogP contribution in [-0.4, -0.2) is 34.1 Å². The molecule has 0 unspecified atom stereocenters. The van der Waals surface area contributed by atoms with Gasteiger partial charge in [-0.15, -0.1) is 0 Å². The molecule has 0 radical (unpaired) electrons. The number of carboxylic acid groups (broad SMARTS) is 1. The first-order valence-electron chi connectivity index (χ1n) is 5.77. The van der Waals surface area contributed by atoms with E-state index in [9.17, 15) is 4.79 Å². The van der Waals surface area contributed by atoms with Gasteiger partial charge in [0, 0.05) is 19.3 Å². The summed E-state index contributed by atoms with van der Waals surface area (Å²) in [7, 11) is 0. The van der Waals surface area contributed by atoms with E-state index in [1.165, 1.54) is 0 Å². The normalized spacial score (nSPS) is 18.1. The minimum atomic E-state index is -0.756. The maximum atomic E-state index is 11.1. The fourth-order valence-corrected chi connectivity index (χ4v) is 1.98. The van der Waals surface area contributed by atoms with Crippen molar-refractivity contribution in [2.75, 3.05) is 18.0 Å². The fourth-order valence-electron chi connectivity index (χ4n) is 1.98. The van der Waals surface area contributed by atoms with Gasteiger partial charge in [-0.1, -0.05) is 0 Å². The van der Waals surface area contributed by atoms with Gasteiger partial charge in [-0.2, -0.15) is 5.26 Å². The molecule has 18 heavy (non-hydrogen) atoms. The van der Waals surface area contributed by atoms with Gasteiger partial charge in [0.2, 0.25) is 5.95 Å². The molecule has 0 atom stereocenters. The van der Waals surface area contributed by atoms with Gasteiger partial charge >= 0.3 is 5.97 Å². The highest BCUT2D eigenvalue weighted by atomic mass is 16.4. The van der Waals surface area contributed by atoms with Gasteiger partial charge in [0.15, 0.2) is 0 Å². The average molecular weight is 246 g/mol. The Morgan fingerprint density at radius 2 is 2.22 bits per heavy atom. The van der Waals surface area contributed by atoms with Crippen molar-refractivity contribution in [3.05, 3.63) is 18.0 Å². The third-order valence-electron chi connectivity index (χ3n) is 3.42. The second-order valence-corrected chi connectivity index (χ2v) is 4.71. The Morgan fingerprint density at radius 1 is 1.56 bits per heavy atom. The number of carbonyl (C=O) groups is 1. The lowest BCUT2D eigenvalue weighted by Gasteiger charge is -2.36. The zero-order chi connectivity index (χ0) is 13.2. The van der Waals surface area contributed by atoms with Crippen molar-refractivity contribution < 1.29 is 9.90 Å². The van der Waals surface area contributed by atoms with Crippen molar-refractivity contribution >= 4 is 11.9 Å². The van der Waals surface area contributed by atoms with Gasteiger partial charge in [-0.25, -0.2) is 9.97 Å². The van der Waals surface area contributed by atoms with Gasteiger partial charge in [0.1, 0.15) is 11.8 Å². The molecule has 1 aromatic heterocycles. The van der Waals surface area contributed by atoms with Crippen molar-refractivity contribution in [2.24, 2.45) is 5.41 Å². The van der Waals surface area contributed by atoms with Crippen LogP contribution in [0.15, 0.2) is 12.3 Å². The monoisotopic (exact) mass is 246 g/mol. The minimum Gasteiger partial charge on any atom is -0.481 e. The van der Waals surface area contributed by atoms with Crippen LogP contribution in [0.25, 0.3) is 0 Å². The van der Waals surface area contributed by atoms with E-state index in [0.717, 1.165) is 0 Å². The molecule has 0 spiro atoms. The number of hydrogen-bond donors (Lipinski definition) is 1. The van der Waals surface area contributed by atoms with E-state index in [0.29, 0.717) is 37.6 Å².